The van der Waals surface area contributed by atoms with E-state index in [2.05, 4.69) is 43.5 Å². The fourth-order valence-corrected chi connectivity index (χ4v) is 7.81. The minimum Gasteiger partial charge on any atom is -0.466 e. The van der Waals surface area contributed by atoms with Gasteiger partial charge in [-0.1, -0.05) is 217 Å². The number of carbonyl (C=O) groups is 2. The average Bonchev–Trinajstić information content (AvgIpc) is 3.25. The summed E-state index contributed by atoms with van der Waals surface area (Å²) >= 11 is 0. The van der Waals surface area contributed by atoms with Crippen LogP contribution >= 0.6 is 0 Å². The van der Waals surface area contributed by atoms with Gasteiger partial charge in [0, 0.05) is 12.8 Å². The van der Waals surface area contributed by atoms with Crippen LogP contribution in [0.1, 0.15) is 271 Å². The molecule has 0 radical (unpaired) electrons. The van der Waals surface area contributed by atoms with Crippen LogP contribution in [0.15, 0.2) is 36.5 Å². The van der Waals surface area contributed by atoms with E-state index in [0.717, 1.165) is 70.6 Å². The predicted molar refractivity (Wildman–Crippen MR) is 259 cm³/mol. The lowest BCUT2D eigenvalue weighted by Gasteiger charge is -2.19. The Hall–Kier alpha value is -1.92. The van der Waals surface area contributed by atoms with Crippen LogP contribution in [-0.2, 0) is 14.3 Å². The number of hydrogen-bond donors (Lipinski definition) is 3. The van der Waals surface area contributed by atoms with Gasteiger partial charge in [0.05, 0.1) is 25.4 Å². The summed E-state index contributed by atoms with van der Waals surface area (Å²) in [5, 5.41) is 23.1. The smallest absolute Gasteiger partial charge is 0.305 e. The number of ether oxygens (including phenoxy) is 1. The standard InChI is InChI=1S/C54H101NO5/c1-3-5-7-9-11-13-15-17-18-19-20-21-22-23-24-25-26-27-30-34-38-42-46-52(57)51(50-56)55-53(58)47-43-39-35-31-29-33-37-41-45-49-60-54(59)48-44-40-36-32-28-16-14-12-10-8-6-4-2/h12,14,31,35,42,46,51-52,56-57H,3-11,13,15-30,32-34,36-41,43-45,47-50H2,1-2H3,(H,55,58)/b14-12-,35-31-,46-42+. The van der Waals surface area contributed by atoms with Gasteiger partial charge in [0.2, 0.25) is 5.91 Å². The van der Waals surface area contributed by atoms with Crippen molar-refractivity contribution < 1.29 is 24.5 Å². The van der Waals surface area contributed by atoms with Crippen molar-refractivity contribution in [3.05, 3.63) is 36.5 Å². The van der Waals surface area contributed by atoms with Crippen LogP contribution in [0.4, 0.5) is 0 Å². The third-order valence-electron chi connectivity index (χ3n) is 11.9. The number of nitrogens with one attached hydrogen (secondary N) is 1. The minimum absolute atomic E-state index is 0.0482. The molecular weight excluding hydrogens is 743 g/mol. The normalized spacial score (nSPS) is 12.9. The second-order valence-corrected chi connectivity index (χ2v) is 17.8. The molecule has 0 aromatic rings. The molecule has 0 rings (SSSR count). The predicted octanol–water partition coefficient (Wildman–Crippen LogP) is 15.7. The molecule has 0 aromatic heterocycles. The number of esters is 1. The molecule has 0 spiro atoms. The second-order valence-electron chi connectivity index (χ2n) is 17.8. The van der Waals surface area contributed by atoms with Gasteiger partial charge in [-0.25, -0.2) is 0 Å². The van der Waals surface area contributed by atoms with E-state index < -0.39 is 12.1 Å². The van der Waals surface area contributed by atoms with E-state index in [-0.39, 0.29) is 18.5 Å². The number of rotatable bonds is 48. The largest absolute Gasteiger partial charge is 0.466 e. The molecule has 6 heteroatoms. The van der Waals surface area contributed by atoms with Crippen LogP contribution in [0, 0.1) is 0 Å². The highest BCUT2D eigenvalue weighted by molar-refractivity contribution is 5.76. The van der Waals surface area contributed by atoms with Gasteiger partial charge in [0.15, 0.2) is 0 Å². The maximum atomic E-state index is 12.4. The van der Waals surface area contributed by atoms with Crippen LogP contribution in [0.3, 0.4) is 0 Å². The maximum absolute atomic E-state index is 12.4. The molecule has 0 bridgehead atoms. The topological polar surface area (TPSA) is 95.9 Å². The summed E-state index contributed by atoms with van der Waals surface area (Å²) in [5.41, 5.74) is 0. The number of carbonyl (C=O) groups excluding carboxylic acids is 2. The monoisotopic (exact) mass is 844 g/mol. The van der Waals surface area contributed by atoms with Gasteiger partial charge in [-0.3, -0.25) is 9.59 Å². The molecule has 0 aliphatic heterocycles. The van der Waals surface area contributed by atoms with Gasteiger partial charge in [0.1, 0.15) is 0 Å². The molecule has 0 aromatic carbocycles. The van der Waals surface area contributed by atoms with Crippen molar-refractivity contribution in [3.63, 3.8) is 0 Å². The highest BCUT2D eigenvalue weighted by atomic mass is 16.5. The van der Waals surface area contributed by atoms with Crippen LogP contribution < -0.4 is 5.32 Å². The molecule has 6 nitrogen and oxygen atoms in total. The van der Waals surface area contributed by atoms with Crippen LogP contribution in [0.25, 0.3) is 0 Å². The van der Waals surface area contributed by atoms with Crippen molar-refractivity contribution in [1.29, 1.82) is 0 Å². The number of aliphatic hydroxyl groups excluding tert-OH is 2. The number of amides is 1. The number of hydrogen-bond acceptors (Lipinski definition) is 5. The van der Waals surface area contributed by atoms with Crippen molar-refractivity contribution in [3.8, 4) is 0 Å². The first-order valence-electron chi connectivity index (χ1n) is 26.3. The van der Waals surface area contributed by atoms with Gasteiger partial charge in [-0.2, -0.15) is 0 Å². The summed E-state index contributed by atoms with van der Waals surface area (Å²) in [4.78, 5) is 24.4. The number of aliphatic hydroxyl groups is 2. The third kappa shape index (κ3) is 45.6. The van der Waals surface area contributed by atoms with Gasteiger partial charge < -0.3 is 20.3 Å². The Labute approximate surface area is 373 Å². The zero-order valence-electron chi connectivity index (χ0n) is 39.9. The molecule has 60 heavy (non-hydrogen) atoms. The summed E-state index contributed by atoms with van der Waals surface area (Å²) in [7, 11) is 0. The molecule has 0 aliphatic carbocycles. The number of unbranched alkanes of at least 4 members (excludes halogenated alkanes) is 33. The lowest BCUT2D eigenvalue weighted by molar-refractivity contribution is -0.143. The maximum Gasteiger partial charge on any atom is 0.305 e. The van der Waals surface area contributed by atoms with E-state index >= 15 is 0 Å². The van der Waals surface area contributed by atoms with E-state index in [9.17, 15) is 19.8 Å². The summed E-state index contributed by atoms with van der Waals surface area (Å²) < 4.78 is 5.42. The van der Waals surface area contributed by atoms with Crippen LogP contribution in [-0.4, -0.2) is 47.4 Å². The summed E-state index contributed by atoms with van der Waals surface area (Å²) in [6, 6.07) is -0.667. The van der Waals surface area contributed by atoms with Crippen molar-refractivity contribution in [2.75, 3.05) is 13.2 Å². The van der Waals surface area contributed by atoms with Crippen molar-refractivity contribution in [2.24, 2.45) is 0 Å². The first-order chi connectivity index (χ1) is 29.5. The average molecular weight is 844 g/mol. The molecule has 2 atom stereocenters. The van der Waals surface area contributed by atoms with Gasteiger partial charge in [0.25, 0.3) is 0 Å². The first kappa shape index (κ1) is 58.1. The molecular formula is C54H101NO5. The molecule has 1 amide bonds. The van der Waals surface area contributed by atoms with Crippen LogP contribution in [0.5, 0.6) is 0 Å². The molecule has 0 fully saturated rings. The van der Waals surface area contributed by atoms with E-state index in [1.54, 1.807) is 6.08 Å². The molecule has 352 valence electrons. The van der Waals surface area contributed by atoms with E-state index in [1.165, 1.54) is 173 Å². The van der Waals surface area contributed by atoms with E-state index in [4.69, 9.17) is 4.74 Å². The molecule has 3 N–H and O–H groups in total. The first-order valence-corrected chi connectivity index (χ1v) is 26.3. The highest BCUT2D eigenvalue weighted by Gasteiger charge is 2.17. The Kier molecular flexibility index (Phi) is 48.1. The molecule has 0 aliphatic rings. The number of allylic oxidation sites excluding steroid dienone is 5. The Morgan fingerprint density at radius 1 is 0.450 bits per heavy atom. The lowest BCUT2D eigenvalue weighted by atomic mass is 10.0. The highest BCUT2D eigenvalue weighted by Crippen LogP contribution is 2.16. The summed E-state index contributed by atoms with van der Waals surface area (Å²) in [6.45, 7) is 4.78. The Morgan fingerprint density at radius 3 is 1.25 bits per heavy atom. The SMILES string of the molecule is CCCCC/C=C\CCCCCCCC(=O)OCCCCCC/C=C\CCCC(=O)NC(CO)C(O)/C=C/CCCCCCCCCCCCCCCCCCCCCC. The van der Waals surface area contributed by atoms with Crippen molar-refractivity contribution in [1.82, 2.24) is 5.32 Å². The Bertz CT molecular complexity index is 977. The zero-order chi connectivity index (χ0) is 43.7. The zero-order valence-corrected chi connectivity index (χ0v) is 39.9. The summed E-state index contributed by atoms with van der Waals surface area (Å²) in [5.74, 6) is -0.176. The second kappa shape index (κ2) is 49.7. The fraction of sp³-hybridized carbons (Fsp3) is 0.852. The van der Waals surface area contributed by atoms with Gasteiger partial charge >= 0.3 is 5.97 Å². The Balaban J connectivity index is 3.58. The Morgan fingerprint density at radius 2 is 0.800 bits per heavy atom. The lowest BCUT2D eigenvalue weighted by Crippen LogP contribution is -2.45. The molecule has 2 unspecified atom stereocenters. The third-order valence-corrected chi connectivity index (χ3v) is 11.9. The minimum atomic E-state index is -0.876. The molecule has 0 saturated carbocycles. The van der Waals surface area contributed by atoms with E-state index in [0.29, 0.717) is 19.4 Å². The quantitative estimate of drug-likeness (QED) is 0.0322. The van der Waals surface area contributed by atoms with E-state index in [1.807, 2.05) is 6.08 Å². The van der Waals surface area contributed by atoms with Crippen molar-refractivity contribution >= 4 is 11.9 Å². The molecule has 0 heterocycles. The van der Waals surface area contributed by atoms with Crippen molar-refractivity contribution in [2.45, 2.75) is 283 Å². The van der Waals surface area contributed by atoms with Gasteiger partial charge in [-0.05, 0) is 77.0 Å². The fourth-order valence-electron chi connectivity index (χ4n) is 7.81. The molecule has 0 saturated heterocycles. The van der Waals surface area contributed by atoms with Gasteiger partial charge in [-0.15, -0.1) is 0 Å². The summed E-state index contributed by atoms with van der Waals surface area (Å²) in [6.07, 6.45) is 60.2. The van der Waals surface area contributed by atoms with Crippen LogP contribution in [0.2, 0.25) is 0 Å².